The molecule has 1 heterocycles. The van der Waals surface area contributed by atoms with Gasteiger partial charge in [-0.2, -0.15) is 0 Å². The van der Waals surface area contributed by atoms with Gasteiger partial charge in [-0.15, -0.1) is 0 Å². The third-order valence-electron chi connectivity index (χ3n) is 4.20. The van der Waals surface area contributed by atoms with Gasteiger partial charge in [0.25, 0.3) is 0 Å². The van der Waals surface area contributed by atoms with Gasteiger partial charge < -0.3 is 14.8 Å². The summed E-state index contributed by atoms with van der Waals surface area (Å²) in [6.07, 6.45) is 2.40. The number of nitrogens with zero attached hydrogens (tertiary/aromatic N) is 1. The highest BCUT2D eigenvalue weighted by molar-refractivity contribution is 5.45. The standard InChI is InChI=1S/C15H24N2O2/c1-16-11-15(8-5-9-17(15)2)12-6-7-13(18-3)14(10-12)19-4/h6-7,10,16H,5,8-9,11H2,1-4H3. The van der Waals surface area contributed by atoms with E-state index >= 15 is 0 Å². The minimum atomic E-state index is 0.0638. The Kier molecular flexibility index (Phi) is 4.32. The fourth-order valence-electron chi connectivity index (χ4n) is 3.12. The first-order valence-corrected chi connectivity index (χ1v) is 6.76. The van der Waals surface area contributed by atoms with Crippen LogP contribution in [0.3, 0.4) is 0 Å². The molecule has 0 aromatic heterocycles. The Morgan fingerprint density at radius 1 is 1.26 bits per heavy atom. The lowest BCUT2D eigenvalue weighted by Crippen LogP contribution is -2.45. The van der Waals surface area contributed by atoms with Crippen LogP contribution in [0.2, 0.25) is 0 Å². The highest BCUT2D eigenvalue weighted by Crippen LogP contribution is 2.40. The highest BCUT2D eigenvalue weighted by Gasteiger charge is 2.40. The van der Waals surface area contributed by atoms with Crippen molar-refractivity contribution in [1.82, 2.24) is 10.2 Å². The van der Waals surface area contributed by atoms with Crippen LogP contribution in [-0.2, 0) is 5.54 Å². The summed E-state index contributed by atoms with van der Waals surface area (Å²) in [6, 6.07) is 6.26. The van der Waals surface area contributed by atoms with Crippen molar-refractivity contribution in [1.29, 1.82) is 0 Å². The second-order valence-corrected chi connectivity index (χ2v) is 5.16. The highest BCUT2D eigenvalue weighted by atomic mass is 16.5. The summed E-state index contributed by atoms with van der Waals surface area (Å²) in [5.74, 6) is 1.59. The Hall–Kier alpha value is -1.26. The molecule has 0 radical (unpaired) electrons. The average molecular weight is 264 g/mol. The van der Waals surface area contributed by atoms with E-state index in [2.05, 4.69) is 29.4 Å². The fraction of sp³-hybridized carbons (Fsp3) is 0.600. The summed E-state index contributed by atoms with van der Waals surface area (Å²) in [4.78, 5) is 2.44. The van der Waals surface area contributed by atoms with Crippen molar-refractivity contribution in [2.24, 2.45) is 0 Å². The molecule has 1 aliphatic rings. The number of likely N-dealkylation sites (N-methyl/N-ethyl adjacent to an activating group) is 2. The minimum absolute atomic E-state index is 0.0638. The summed E-state index contributed by atoms with van der Waals surface area (Å²) in [6.45, 7) is 2.08. The van der Waals surface area contributed by atoms with Crippen LogP contribution in [0.25, 0.3) is 0 Å². The molecule has 1 N–H and O–H groups in total. The molecule has 1 aliphatic heterocycles. The SMILES string of the molecule is CNCC1(c2ccc(OC)c(OC)c2)CCCN1C. The lowest BCUT2D eigenvalue weighted by molar-refractivity contribution is 0.172. The van der Waals surface area contributed by atoms with Gasteiger partial charge in [-0.25, -0.2) is 0 Å². The first-order valence-electron chi connectivity index (χ1n) is 6.76. The molecule has 1 saturated heterocycles. The number of likely N-dealkylation sites (tertiary alicyclic amines) is 1. The molecule has 4 heteroatoms. The monoisotopic (exact) mass is 264 g/mol. The van der Waals surface area contributed by atoms with Gasteiger partial charge in [0, 0.05) is 6.54 Å². The smallest absolute Gasteiger partial charge is 0.161 e. The first-order chi connectivity index (χ1) is 9.17. The van der Waals surface area contributed by atoms with Crippen molar-refractivity contribution < 1.29 is 9.47 Å². The van der Waals surface area contributed by atoms with E-state index in [0.29, 0.717) is 0 Å². The second-order valence-electron chi connectivity index (χ2n) is 5.16. The number of ether oxygens (including phenoxy) is 2. The predicted octanol–water partition coefficient (Wildman–Crippen LogP) is 1.84. The Morgan fingerprint density at radius 2 is 2.00 bits per heavy atom. The second kappa shape index (κ2) is 5.80. The number of hydrogen-bond donors (Lipinski definition) is 1. The van der Waals surface area contributed by atoms with Crippen molar-refractivity contribution >= 4 is 0 Å². The Morgan fingerprint density at radius 3 is 2.53 bits per heavy atom. The topological polar surface area (TPSA) is 33.7 Å². The van der Waals surface area contributed by atoms with Crippen LogP contribution in [0.5, 0.6) is 11.5 Å². The molecule has 1 aromatic rings. The van der Waals surface area contributed by atoms with Crippen molar-refractivity contribution in [2.75, 3.05) is 41.4 Å². The summed E-state index contributed by atoms with van der Waals surface area (Å²) < 4.78 is 10.8. The third kappa shape index (κ3) is 2.42. The molecule has 1 unspecified atom stereocenters. The molecule has 19 heavy (non-hydrogen) atoms. The van der Waals surface area contributed by atoms with Gasteiger partial charge in [0.1, 0.15) is 0 Å². The first kappa shape index (κ1) is 14.2. The quantitative estimate of drug-likeness (QED) is 0.880. The van der Waals surface area contributed by atoms with Gasteiger partial charge >= 0.3 is 0 Å². The average Bonchev–Trinajstić information content (AvgIpc) is 2.80. The van der Waals surface area contributed by atoms with E-state index in [4.69, 9.17) is 9.47 Å². The minimum Gasteiger partial charge on any atom is -0.493 e. The zero-order valence-electron chi connectivity index (χ0n) is 12.3. The van der Waals surface area contributed by atoms with Crippen LogP contribution in [0.1, 0.15) is 18.4 Å². The van der Waals surface area contributed by atoms with E-state index in [9.17, 15) is 0 Å². The molecule has 1 aromatic carbocycles. The van der Waals surface area contributed by atoms with Crippen molar-refractivity contribution in [3.05, 3.63) is 23.8 Å². The van der Waals surface area contributed by atoms with E-state index in [0.717, 1.165) is 24.6 Å². The van der Waals surface area contributed by atoms with Gasteiger partial charge in [-0.3, -0.25) is 4.90 Å². The Bertz CT molecular complexity index is 436. The van der Waals surface area contributed by atoms with Gasteiger partial charge in [0.2, 0.25) is 0 Å². The molecule has 106 valence electrons. The number of nitrogens with one attached hydrogen (secondary N) is 1. The molecule has 0 saturated carbocycles. The summed E-state index contributed by atoms with van der Waals surface area (Å²) in [5.41, 5.74) is 1.35. The van der Waals surface area contributed by atoms with E-state index < -0.39 is 0 Å². The number of methoxy groups -OCH3 is 2. The van der Waals surface area contributed by atoms with Crippen LogP contribution in [-0.4, -0.2) is 46.3 Å². The molecule has 0 amide bonds. The third-order valence-corrected chi connectivity index (χ3v) is 4.20. The van der Waals surface area contributed by atoms with Crippen molar-refractivity contribution in [2.45, 2.75) is 18.4 Å². The zero-order chi connectivity index (χ0) is 13.9. The molecule has 1 fully saturated rings. The van der Waals surface area contributed by atoms with E-state index in [1.54, 1.807) is 14.2 Å². The van der Waals surface area contributed by atoms with Gasteiger partial charge in [-0.1, -0.05) is 6.07 Å². The summed E-state index contributed by atoms with van der Waals surface area (Å²) in [7, 11) is 7.56. The van der Waals surface area contributed by atoms with Crippen LogP contribution >= 0.6 is 0 Å². The van der Waals surface area contributed by atoms with Crippen molar-refractivity contribution in [3.8, 4) is 11.5 Å². The molecule has 1 atom stereocenters. The summed E-state index contributed by atoms with van der Waals surface area (Å²) in [5, 5.41) is 3.33. The Labute approximate surface area is 115 Å². The molecule has 0 spiro atoms. The van der Waals surface area contributed by atoms with E-state index in [-0.39, 0.29) is 5.54 Å². The maximum Gasteiger partial charge on any atom is 0.161 e. The molecule has 0 bridgehead atoms. The molecule has 4 nitrogen and oxygen atoms in total. The lowest BCUT2D eigenvalue weighted by atomic mass is 9.87. The van der Waals surface area contributed by atoms with Gasteiger partial charge in [0.15, 0.2) is 11.5 Å². The number of rotatable bonds is 5. The van der Waals surface area contributed by atoms with Crippen molar-refractivity contribution in [3.63, 3.8) is 0 Å². The van der Waals surface area contributed by atoms with Gasteiger partial charge in [-0.05, 0) is 51.2 Å². The van der Waals surface area contributed by atoms with Crippen LogP contribution in [0, 0.1) is 0 Å². The largest absolute Gasteiger partial charge is 0.493 e. The van der Waals surface area contributed by atoms with Gasteiger partial charge in [0.05, 0.1) is 19.8 Å². The maximum absolute atomic E-state index is 5.43. The number of benzene rings is 1. The summed E-state index contributed by atoms with van der Waals surface area (Å²) >= 11 is 0. The molecular formula is C15H24N2O2. The Balaban J connectivity index is 2.42. The molecular weight excluding hydrogens is 240 g/mol. The maximum atomic E-state index is 5.43. The van der Waals surface area contributed by atoms with E-state index in [1.807, 2.05) is 13.1 Å². The lowest BCUT2D eigenvalue weighted by Gasteiger charge is -2.37. The van der Waals surface area contributed by atoms with Crippen LogP contribution < -0.4 is 14.8 Å². The number of hydrogen-bond acceptors (Lipinski definition) is 4. The normalized spacial score (nSPS) is 23.6. The van der Waals surface area contributed by atoms with Crippen LogP contribution in [0.15, 0.2) is 18.2 Å². The predicted molar refractivity (Wildman–Crippen MR) is 77.0 cm³/mol. The van der Waals surface area contributed by atoms with Crippen LogP contribution in [0.4, 0.5) is 0 Å². The molecule has 0 aliphatic carbocycles. The molecule has 2 rings (SSSR count). The zero-order valence-corrected chi connectivity index (χ0v) is 12.3. The fourth-order valence-corrected chi connectivity index (χ4v) is 3.12. The van der Waals surface area contributed by atoms with E-state index in [1.165, 1.54) is 18.4 Å².